The second kappa shape index (κ2) is 6.24. The quantitative estimate of drug-likeness (QED) is 0.525. The third kappa shape index (κ3) is 3.49. The Hall–Kier alpha value is -1.59. The molecular formula is C15H23N3O2. The molecule has 0 heterocycles. The Kier molecular flexibility index (Phi) is 4.62. The van der Waals surface area contributed by atoms with Crippen LogP contribution in [0.4, 0.5) is 5.69 Å². The number of benzene rings is 1. The molecule has 0 aliphatic heterocycles. The van der Waals surface area contributed by atoms with E-state index in [1.807, 2.05) is 19.1 Å². The van der Waals surface area contributed by atoms with Gasteiger partial charge in [0.25, 0.3) is 5.91 Å². The molecule has 1 saturated carbocycles. The lowest BCUT2D eigenvalue weighted by atomic mass is 10.0. The van der Waals surface area contributed by atoms with Crippen LogP contribution in [0.2, 0.25) is 0 Å². The number of amides is 1. The van der Waals surface area contributed by atoms with Crippen molar-refractivity contribution in [1.29, 1.82) is 0 Å². The maximum Gasteiger partial charge on any atom is 0.253 e. The number of carbonyl (C=O) groups is 1. The Morgan fingerprint density at radius 2 is 2.20 bits per heavy atom. The van der Waals surface area contributed by atoms with E-state index in [2.05, 4.69) is 10.7 Å². The van der Waals surface area contributed by atoms with Gasteiger partial charge in [-0.05, 0) is 49.3 Å². The smallest absolute Gasteiger partial charge is 0.253 e. The molecule has 0 bridgehead atoms. The lowest BCUT2D eigenvalue weighted by Crippen LogP contribution is -2.31. The molecule has 1 aliphatic carbocycles. The summed E-state index contributed by atoms with van der Waals surface area (Å²) >= 11 is 0. The minimum Gasteiger partial charge on any atom is -0.385 e. The zero-order valence-electron chi connectivity index (χ0n) is 12.2. The molecule has 1 aromatic carbocycles. The minimum atomic E-state index is -0.0818. The number of hydrogen-bond acceptors (Lipinski definition) is 4. The summed E-state index contributed by atoms with van der Waals surface area (Å²) in [4.78, 5) is 12.2. The molecule has 0 unspecified atom stereocenters. The van der Waals surface area contributed by atoms with Crippen molar-refractivity contribution >= 4 is 11.6 Å². The van der Waals surface area contributed by atoms with Crippen LogP contribution in [0.1, 0.15) is 35.2 Å². The standard InChI is InChI=1S/C15H23N3O2/c1-11-3-4-12(13(9-11)18-16)14(19)17-10-15(5-6-15)7-8-20-2/h3-4,9,18H,5-8,10,16H2,1-2H3,(H,17,19). The Bertz CT molecular complexity index is 484. The predicted octanol–water partition coefficient (Wildman–Crippen LogP) is 1.83. The van der Waals surface area contributed by atoms with Crippen molar-refractivity contribution < 1.29 is 9.53 Å². The number of hydrazine groups is 1. The first-order valence-corrected chi connectivity index (χ1v) is 6.95. The molecule has 0 radical (unpaired) electrons. The van der Waals surface area contributed by atoms with Gasteiger partial charge in [0.05, 0.1) is 11.3 Å². The van der Waals surface area contributed by atoms with E-state index in [-0.39, 0.29) is 11.3 Å². The number of rotatable bonds is 7. The summed E-state index contributed by atoms with van der Waals surface area (Å²) in [6, 6.07) is 5.58. The molecule has 0 saturated heterocycles. The van der Waals surface area contributed by atoms with E-state index in [0.717, 1.165) is 31.4 Å². The summed E-state index contributed by atoms with van der Waals surface area (Å²) in [6.45, 7) is 3.41. The Labute approximate surface area is 119 Å². The van der Waals surface area contributed by atoms with Gasteiger partial charge in [-0.3, -0.25) is 10.6 Å². The highest BCUT2D eigenvalue weighted by atomic mass is 16.5. The van der Waals surface area contributed by atoms with Gasteiger partial charge in [-0.25, -0.2) is 0 Å². The summed E-state index contributed by atoms with van der Waals surface area (Å²) in [5, 5.41) is 3.01. The summed E-state index contributed by atoms with van der Waals surface area (Å²) < 4.78 is 5.12. The second-order valence-electron chi connectivity index (χ2n) is 5.62. The summed E-state index contributed by atoms with van der Waals surface area (Å²) in [6.07, 6.45) is 3.32. The highest BCUT2D eigenvalue weighted by Crippen LogP contribution is 2.48. The van der Waals surface area contributed by atoms with E-state index in [1.54, 1.807) is 13.2 Å². The first-order valence-electron chi connectivity index (χ1n) is 6.95. The van der Waals surface area contributed by atoms with Gasteiger partial charge >= 0.3 is 0 Å². The van der Waals surface area contributed by atoms with Gasteiger partial charge in [0.2, 0.25) is 0 Å². The Morgan fingerprint density at radius 3 is 2.80 bits per heavy atom. The number of carbonyl (C=O) groups excluding carboxylic acids is 1. The molecule has 20 heavy (non-hydrogen) atoms. The average Bonchev–Trinajstić information content (AvgIpc) is 3.23. The lowest BCUT2D eigenvalue weighted by molar-refractivity contribution is 0.0938. The topological polar surface area (TPSA) is 76.4 Å². The van der Waals surface area contributed by atoms with Crippen LogP contribution in [0.5, 0.6) is 0 Å². The number of methoxy groups -OCH3 is 1. The van der Waals surface area contributed by atoms with E-state index in [9.17, 15) is 4.79 Å². The normalized spacial score (nSPS) is 15.8. The van der Waals surface area contributed by atoms with Gasteiger partial charge in [-0.2, -0.15) is 0 Å². The minimum absolute atomic E-state index is 0.0818. The van der Waals surface area contributed by atoms with Crippen molar-refractivity contribution in [1.82, 2.24) is 5.32 Å². The molecule has 0 atom stereocenters. The summed E-state index contributed by atoms with van der Waals surface area (Å²) in [5.41, 5.74) is 5.13. The Balaban J connectivity index is 1.95. The van der Waals surface area contributed by atoms with Crippen LogP contribution < -0.4 is 16.6 Å². The fraction of sp³-hybridized carbons (Fsp3) is 0.533. The fourth-order valence-corrected chi connectivity index (χ4v) is 2.35. The van der Waals surface area contributed by atoms with Crippen molar-refractivity contribution in [2.45, 2.75) is 26.2 Å². The molecule has 5 heteroatoms. The van der Waals surface area contributed by atoms with E-state index >= 15 is 0 Å². The zero-order valence-corrected chi connectivity index (χ0v) is 12.2. The third-order valence-corrected chi connectivity index (χ3v) is 3.99. The summed E-state index contributed by atoms with van der Waals surface area (Å²) in [5.74, 6) is 5.39. The fourth-order valence-electron chi connectivity index (χ4n) is 2.35. The molecule has 0 aromatic heterocycles. The zero-order chi connectivity index (χ0) is 14.6. The van der Waals surface area contributed by atoms with Crippen molar-refractivity contribution in [3.63, 3.8) is 0 Å². The number of nitrogens with two attached hydrogens (primary N) is 1. The number of aryl methyl sites for hydroxylation is 1. The van der Waals surface area contributed by atoms with Crippen LogP contribution in [-0.2, 0) is 4.74 Å². The third-order valence-electron chi connectivity index (χ3n) is 3.99. The van der Waals surface area contributed by atoms with Crippen LogP contribution in [0.15, 0.2) is 18.2 Å². The highest BCUT2D eigenvalue weighted by molar-refractivity contribution is 5.99. The maximum atomic E-state index is 12.2. The van der Waals surface area contributed by atoms with Crippen LogP contribution in [0, 0.1) is 12.3 Å². The first kappa shape index (κ1) is 14.8. The number of ether oxygens (including phenoxy) is 1. The van der Waals surface area contributed by atoms with Gasteiger partial charge < -0.3 is 15.5 Å². The van der Waals surface area contributed by atoms with Crippen molar-refractivity contribution in [3.05, 3.63) is 29.3 Å². The Morgan fingerprint density at radius 1 is 1.45 bits per heavy atom. The number of nitrogen functional groups attached to an aromatic ring is 1. The lowest BCUT2D eigenvalue weighted by Gasteiger charge is -2.16. The molecule has 5 nitrogen and oxygen atoms in total. The predicted molar refractivity (Wildman–Crippen MR) is 79.5 cm³/mol. The van der Waals surface area contributed by atoms with E-state index < -0.39 is 0 Å². The van der Waals surface area contributed by atoms with Crippen LogP contribution in [-0.4, -0.2) is 26.2 Å². The number of hydrogen-bond donors (Lipinski definition) is 3. The van der Waals surface area contributed by atoms with Gasteiger partial charge in [0.1, 0.15) is 0 Å². The molecule has 1 amide bonds. The van der Waals surface area contributed by atoms with Gasteiger partial charge in [-0.15, -0.1) is 0 Å². The molecular weight excluding hydrogens is 254 g/mol. The van der Waals surface area contributed by atoms with Crippen LogP contribution in [0.3, 0.4) is 0 Å². The van der Waals surface area contributed by atoms with E-state index in [4.69, 9.17) is 10.6 Å². The first-order chi connectivity index (χ1) is 9.60. The maximum absolute atomic E-state index is 12.2. The molecule has 2 rings (SSSR count). The molecule has 1 aliphatic rings. The molecule has 1 aromatic rings. The van der Waals surface area contributed by atoms with E-state index in [1.165, 1.54) is 0 Å². The molecule has 4 N–H and O–H groups in total. The van der Waals surface area contributed by atoms with Crippen molar-refractivity contribution in [2.75, 3.05) is 25.7 Å². The monoisotopic (exact) mass is 277 g/mol. The summed E-state index contributed by atoms with van der Waals surface area (Å²) in [7, 11) is 1.71. The average molecular weight is 277 g/mol. The van der Waals surface area contributed by atoms with E-state index in [0.29, 0.717) is 17.8 Å². The number of anilines is 1. The van der Waals surface area contributed by atoms with Gasteiger partial charge in [-0.1, -0.05) is 6.07 Å². The van der Waals surface area contributed by atoms with Gasteiger partial charge in [0.15, 0.2) is 0 Å². The molecule has 1 fully saturated rings. The number of nitrogens with one attached hydrogen (secondary N) is 2. The van der Waals surface area contributed by atoms with Crippen LogP contribution in [0.25, 0.3) is 0 Å². The van der Waals surface area contributed by atoms with Gasteiger partial charge in [0, 0.05) is 20.3 Å². The highest BCUT2D eigenvalue weighted by Gasteiger charge is 2.42. The second-order valence-corrected chi connectivity index (χ2v) is 5.62. The largest absolute Gasteiger partial charge is 0.385 e. The molecule has 0 spiro atoms. The SMILES string of the molecule is COCCC1(CNC(=O)c2ccc(C)cc2NN)CC1. The van der Waals surface area contributed by atoms with Crippen LogP contribution >= 0.6 is 0 Å². The van der Waals surface area contributed by atoms with Crippen molar-refractivity contribution in [2.24, 2.45) is 11.3 Å². The molecule has 110 valence electrons. The van der Waals surface area contributed by atoms with Crippen molar-refractivity contribution in [3.8, 4) is 0 Å².